The molecular weight excluding hydrogens is 326 g/mol. The molecule has 1 aliphatic rings. The van der Waals surface area contributed by atoms with Gasteiger partial charge >= 0.3 is 0 Å². The molecule has 1 aliphatic heterocycles. The van der Waals surface area contributed by atoms with Crippen LogP contribution in [0.5, 0.6) is 0 Å². The molecular formula is C15H12F2N2O3S. The first-order valence-corrected chi connectivity index (χ1v) is 8.13. The fourth-order valence-corrected chi connectivity index (χ4v) is 4.37. The van der Waals surface area contributed by atoms with Crippen LogP contribution in [0.4, 0.5) is 14.5 Å². The minimum Gasteiger partial charge on any atom is -0.368 e. The number of anilines is 1. The number of nitrogens with two attached hydrogens (primary N) is 1. The van der Waals surface area contributed by atoms with E-state index in [1.54, 1.807) is 18.2 Å². The molecule has 0 saturated carbocycles. The van der Waals surface area contributed by atoms with Crippen molar-refractivity contribution in [3.8, 4) is 0 Å². The van der Waals surface area contributed by atoms with Gasteiger partial charge in [-0.15, -0.1) is 0 Å². The number of sulfonamides is 1. The van der Waals surface area contributed by atoms with Crippen molar-refractivity contribution >= 4 is 21.6 Å². The first-order chi connectivity index (χ1) is 10.8. The van der Waals surface area contributed by atoms with Crippen LogP contribution < -0.4 is 10.0 Å². The lowest BCUT2D eigenvalue weighted by Crippen LogP contribution is -2.46. The molecule has 0 radical (unpaired) electrons. The van der Waals surface area contributed by atoms with Gasteiger partial charge in [-0.3, -0.25) is 9.10 Å². The fraction of sp³-hybridized carbons (Fsp3) is 0.133. The van der Waals surface area contributed by atoms with E-state index in [2.05, 4.69) is 0 Å². The van der Waals surface area contributed by atoms with Gasteiger partial charge < -0.3 is 5.73 Å². The van der Waals surface area contributed by atoms with Crippen molar-refractivity contribution in [1.29, 1.82) is 0 Å². The van der Waals surface area contributed by atoms with Crippen molar-refractivity contribution in [2.45, 2.75) is 17.4 Å². The van der Waals surface area contributed by atoms with Crippen molar-refractivity contribution in [1.82, 2.24) is 0 Å². The molecule has 0 saturated heterocycles. The van der Waals surface area contributed by atoms with Gasteiger partial charge in [-0.25, -0.2) is 17.2 Å². The Kier molecular flexibility index (Phi) is 3.56. The number of nitrogens with zero attached hydrogens (tertiary/aromatic N) is 1. The van der Waals surface area contributed by atoms with Crippen LogP contribution in [-0.4, -0.2) is 20.4 Å². The molecule has 0 aromatic heterocycles. The number of para-hydroxylation sites is 1. The molecule has 3 rings (SSSR count). The predicted octanol–water partition coefficient (Wildman–Crippen LogP) is 1.57. The number of amides is 1. The summed E-state index contributed by atoms with van der Waals surface area (Å²) in [6.07, 6.45) is 0.105. The summed E-state index contributed by atoms with van der Waals surface area (Å²) < 4.78 is 53.4. The molecule has 1 amide bonds. The molecule has 120 valence electrons. The Morgan fingerprint density at radius 3 is 2.52 bits per heavy atom. The first kappa shape index (κ1) is 15.4. The third-order valence-electron chi connectivity index (χ3n) is 3.68. The second-order valence-electron chi connectivity index (χ2n) is 5.13. The molecule has 2 aromatic rings. The van der Waals surface area contributed by atoms with E-state index in [1.165, 1.54) is 6.07 Å². The van der Waals surface area contributed by atoms with Gasteiger partial charge in [-0.1, -0.05) is 18.2 Å². The lowest BCUT2D eigenvalue weighted by atomic mass is 10.1. The molecule has 2 N–H and O–H groups in total. The fourth-order valence-electron chi connectivity index (χ4n) is 2.66. The van der Waals surface area contributed by atoms with E-state index < -0.39 is 38.5 Å². The lowest BCUT2D eigenvalue weighted by Gasteiger charge is -2.25. The van der Waals surface area contributed by atoms with Crippen LogP contribution in [0.2, 0.25) is 0 Å². The van der Waals surface area contributed by atoms with Gasteiger partial charge in [0, 0.05) is 12.5 Å². The predicted molar refractivity (Wildman–Crippen MR) is 79.2 cm³/mol. The van der Waals surface area contributed by atoms with Crippen LogP contribution in [0.15, 0.2) is 47.4 Å². The number of rotatable bonds is 3. The van der Waals surface area contributed by atoms with E-state index in [0.717, 1.165) is 16.4 Å². The van der Waals surface area contributed by atoms with Crippen molar-refractivity contribution in [3.63, 3.8) is 0 Å². The highest BCUT2D eigenvalue weighted by atomic mass is 32.2. The zero-order valence-electron chi connectivity index (χ0n) is 11.7. The van der Waals surface area contributed by atoms with Gasteiger partial charge in [0.1, 0.15) is 22.6 Å². The molecule has 0 fully saturated rings. The molecule has 1 heterocycles. The number of halogens is 2. The number of benzene rings is 2. The molecule has 8 heteroatoms. The Bertz CT molecular complexity index is 899. The third kappa shape index (κ3) is 2.44. The average Bonchev–Trinajstić information content (AvgIpc) is 2.87. The zero-order valence-corrected chi connectivity index (χ0v) is 12.6. The zero-order chi connectivity index (χ0) is 16.8. The van der Waals surface area contributed by atoms with Gasteiger partial charge in [-0.05, 0) is 23.8 Å². The maximum Gasteiger partial charge on any atom is 0.267 e. The summed E-state index contributed by atoms with van der Waals surface area (Å²) in [6.45, 7) is 0. The molecule has 23 heavy (non-hydrogen) atoms. The van der Waals surface area contributed by atoms with E-state index >= 15 is 0 Å². The van der Waals surface area contributed by atoms with Crippen LogP contribution in [0, 0.1) is 11.6 Å². The Morgan fingerprint density at radius 1 is 1.17 bits per heavy atom. The number of fused-ring (bicyclic) bond motifs is 1. The minimum atomic E-state index is -4.40. The number of carbonyl (C=O) groups is 1. The Hall–Kier alpha value is -2.48. The van der Waals surface area contributed by atoms with Gasteiger partial charge in [0.05, 0.1) is 5.69 Å². The topological polar surface area (TPSA) is 80.5 Å². The summed E-state index contributed by atoms with van der Waals surface area (Å²) in [4.78, 5) is 11.0. The number of primary amides is 1. The van der Waals surface area contributed by atoms with Crippen molar-refractivity contribution < 1.29 is 22.0 Å². The highest BCUT2D eigenvalue weighted by Crippen LogP contribution is 2.37. The molecule has 0 spiro atoms. The van der Waals surface area contributed by atoms with Crippen LogP contribution in [0.3, 0.4) is 0 Å². The summed E-state index contributed by atoms with van der Waals surface area (Å²) in [5.41, 5.74) is 6.18. The maximum absolute atomic E-state index is 13.9. The molecule has 1 atom stereocenters. The number of hydrogen-bond donors (Lipinski definition) is 1. The maximum atomic E-state index is 13.9. The van der Waals surface area contributed by atoms with Gasteiger partial charge in [-0.2, -0.15) is 0 Å². The summed E-state index contributed by atoms with van der Waals surface area (Å²) >= 11 is 0. The lowest BCUT2D eigenvalue weighted by molar-refractivity contribution is -0.118. The minimum absolute atomic E-state index is 0.105. The Balaban J connectivity index is 2.19. The van der Waals surface area contributed by atoms with Crippen molar-refractivity contribution in [2.24, 2.45) is 5.73 Å². The molecule has 0 aliphatic carbocycles. The first-order valence-electron chi connectivity index (χ1n) is 6.69. The average molecular weight is 338 g/mol. The van der Waals surface area contributed by atoms with Crippen molar-refractivity contribution in [3.05, 3.63) is 59.7 Å². The number of carbonyl (C=O) groups excluding carboxylic acids is 1. The second-order valence-corrected chi connectivity index (χ2v) is 6.91. The van der Waals surface area contributed by atoms with Gasteiger partial charge in [0.2, 0.25) is 5.91 Å². The van der Waals surface area contributed by atoms with Crippen LogP contribution in [0.25, 0.3) is 0 Å². The van der Waals surface area contributed by atoms with Crippen LogP contribution >= 0.6 is 0 Å². The summed E-state index contributed by atoms with van der Waals surface area (Å²) in [6, 6.07) is 7.49. The van der Waals surface area contributed by atoms with Crippen LogP contribution in [-0.2, 0) is 21.2 Å². The molecule has 5 nitrogen and oxygen atoms in total. The van der Waals surface area contributed by atoms with Crippen molar-refractivity contribution in [2.75, 3.05) is 4.31 Å². The summed E-state index contributed by atoms with van der Waals surface area (Å²) in [7, 11) is -4.40. The van der Waals surface area contributed by atoms with E-state index in [4.69, 9.17) is 5.73 Å². The van der Waals surface area contributed by atoms with Crippen LogP contribution in [0.1, 0.15) is 5.56 Å². The third-order valence-corrected chi connectivity index (χ3v) is 5.54. The highest BCUT2D eigenvalue weighted by molar-refractivity contribution is 7.93. The molecule has 0 unspecified atom stereocenters. The largest absolute Gasteiger partial charge is 0.368 e. The van der Waals surface area contributed by atoms with E-state index in [1.807, 2.05) is 0 Å². The SMILES string of the molecule is NC(=O)[C@H]1Cc2ccccc2N1S(=O)(=O)c1ccc(F)cc1F. The quantitative estimate of drug-likeness (QED) is 0.922. The van der Waals surface area contributed by atoms with E-state index in [9.17, 15) is 22.0 Å². The Morgan fingerprint density at radius 2 is 1.87 bits per heavy atom. The second kappa shape index (κ2) is 5.31. The smallest absolute Gasteiger partial charge is 0.267 e. The monoisotopic (exact) mass is 338 g/mol. The number of hydrogen-bond acceptors (Lipinski definition) is 3. The van der Waals surface area contributed by atoms with Gasteiger partial charge in [0.25, 0.3) is 10.0 Å². The summed E-state index contributed by atoms with van der Waals surface area (Å²) in [5, 5.41) is 0. The standard InChI is InChI=1S/C15H12F2N2O3S/c16-10-5-6-14(11(17)8-10)23(21,22)19-12-4-2-1-3-9(12)7-13(19)15(18)20/h1-6,8,13H,7H2,(H2,18,20)/t13-/m1/s1. The normalized spacial score (nSPS) is 17.1. The molecule has 0 bridgehead atoms. The van der Waals surface area contributed by atoms with E-state index in [-0.39, 0.29) is 12.1 Å². The Labute approximate surface area is 131 Å². The van der Waals surface area contributed by atoms with E-state index in [0.29, 0.717) is 11.6 Å². The highest BCUT2D eigenvalue weighted by Gasteiger charge is 2.42. The summed E-state index contributed by atoms with van der Waals surface area (Å²) in [5.74, 6) is -2.96. The molecule has 2 aromatic carbocycles. The van der Waals surface area contributed by atoms with Gasteiger partial charge in [0.15, 0.2) is 0 Å².